The molecule has 0 spiro atoms. The van der Waals surface area contributed by atoms with Crippen LogP contribution in [0, 0.1) is 12.3 Å². The third-order valence-corrected chi connectivity index (χ3v) is 3.97. The number of urea groups is 1. The van der Waals surface area contributed by atoms with Gasteiger partial charge in [-0.15, -0.1) is 0 Å². The third kappa shape index (κ3) is 2.95. The van der Waals surface area contributed by atoms with E-state index in [0.29, 0.717) is 18.6 Å². The minimum absolute atomic E-state index is 0.288. The van der Waals surface area contributed by atoms with Crippen molar-refractivity contribution in [1.29, 1.82) is 0 Å². The summed E-state index contributed by atoms with van der Waals surface area (Å²) < 4.78 is 5.35. The zero-order valence-corrected chi connectivity index (χ0v) is 11.7. The number of furan rings is 1. The van der Waals surface area contributed by atoms with E-state index in [4.69, 9.17) is 4.42 Å². The summed E-state index contributed by atoms with van der Waals surface area (Å²) in [5.74, 6) is 0.600. The fourth-order valence-electron chi connectivity index (χ4n) is 2.61. The quantitative estimate of drug-likeness (QED) is 0.787. The molecule has 1 aliphatic rings. The largest absolute Gasteiger partial charge is 0.481 e. The Kier molecular flexibility index (Phi) is 4.01. The van der Waals surface area contributed by atoms with Gasteiger partial charge in [-0.05, 0) is 38.8 Å². The van der Waals surface area contributed by atoms with Crippen molar-refractivity contribution in [2.75, 3.05) is 0 Å². The normalized spacial score (nSPS) is 25.4. The van der Waals surface area contributed by atoms with E-state index in [1.807, 2.05) is 13.0 Å². The Hall–Kier alpha value is -1.98. The molecule has 0 radical (unpaired) electrons. The molecule has 1 heterocycles. The van der Waals surface area contributed by atoms with Gasteiger partial charge in [0.05, 0.1) is 12.0 Å². The molecule has 110 valence electrons. The summed E-state index contributed by atoms with van der Waals surface area (Å²) in [7, 11) is 0. The van der Waals surface area contributed by atoms with Gasteiger partial charge in [0.1, 0.15) is 11.5 Å². The zero-order valence-electron chi connectivity index (χ0n) is 11.7. The maximum atomic E-state index is 11.8. The number of hydrogen-bond acceptors (Lipinski definition) is 3. The van der Waals surface area contributed by atoms with E-state index in [1.54, 1.807) is 13.0 Å². The fourth-order valence-corrected chi connectivity index (χ4v) is 2.61. The van der Waals surface area contributed by atoms with E-state index in [2.05, 4.69) is 10.6 Å². The lowest BCUT2D eigenvalue weighted by Gasteiger charge is -2.27. The zero-order chi connectivity index (χ0) is 14.8. The van der Waals surface area contributed by atoms with Crippen molar-refractivity contribution < 1.29 is 19.1 Å². The molecule has 3 N–H and O–H groups in total. The highest BCUT2D eigenvalue weighted by Crippen LogP contribution is 2.38. The molecule has 1 aromatic heterocycles. The SMILES string of the molecule is Cc1ccc(CNC(=O)NC2CCCC2(C)C(=O)O)o1. The van der Waals surface area contributed by atoms with Gasteiger partial charge in [-0.1, -0.05) is 6.42 Å². The van der Waals surface area contributed by atoms with Gasteiger partial charge < -0.3 is 20.2 Å². The number of carboxylic acids is 1. The summed E-state index contributed by atoms with van der Waals surface area (Å²) in [4.78, 5) is 23.1. The van der Waals surface area contributed by atoms with Crippen LogP contribution < -0.4 is 10.6 Å². The van der Waals surface area contributed by atoms with Crippen LogP contribution in [0.4, 0.5) is 4.79 Å². The first-order valence-corrected chi connectivity index (χ1v) is 6.75. The van der Waals surface area contributed by atoms with E-state index in [9.17, 15) is 14.7 Å². The van der Waals surface area contributed by atoms with Gasteiger partial charge in [-0.3, -0.25) is 4.79 Å². The highest BCUT2D eigenvalue weighted by atomic mass is 16.4. The van der Waals surface area contributed by atoms with Gasteiger partial charge in [0.25, 0.3) is 0 Å². The monoisotopic (exact) mass is 280 g/mol. The molecule has 2 unspecified atom stereocenters. The maximum Gasteiger partial charge on any atom is 0.315 e. The summed E-state index contributed by atoms with van der Waals surface area (Å²) in [6.45, 7) is 3.81. The summed E-state index contributed by atoms with van der Waals surface area (Å²) in [6, 6.07) is 2.93. The van der Waals surface area contributed by atoms with E-state index < -0.39 is 11.4 Å². The van der Waals surface area contributed by atoms with Crippen LogP contribution in [0.25, 0.3) is 0 Å². The summed E-state index contributed by atoms with van der Waals surface area (Å²) in [5, 5.41) is 14.7. The van der Waals surface area contributed by atoms with Crippen molar-refractivity contribution in [3.8, 4) is 0 Å². The number of amides is 2. The number of carboxylic acid groups (broad SMARTS) is 1. The lowest BCUT2D eigenvalue weighted by molar-refractivity contribution is -0.148. The van der Waals surface area contributed by atoms with Crippen molar-refractivity contribution >= 4 is 12.0 Å². The molecule has 2 atom stereocenters. The van der Waals surface area contributed by atoms with Crippen LogP contribution in [-0.4, -0.2) is 23.1 Å². The Morgan fingerprint density at radius 1 is 1.50 bits per heavy atom. The number of rotatable bonds is 4. The lowest BCUT2D eigenvalue weighted by Crippen LogP contribution is -2.50. The topological polar surface area (TPSA) is 91.6 Å². The predicted octanol–water partition coefficient (Wildman–Crippen LogP) is 2.03. The predicted molar refractivity (Wildman–Crippen MR) is 72.2 cm³/mol. The van der Waals surface area contributed by atoms with E-state index in [-0.39, 0.29) is 18.6 Å². The van der Waals surface area contributed by atoms with Gasteiger partial charge in [-0.2, -0.15) is 0 Å². The van der Waals surface area contributed by atoms with Gasteiger partial charge >= 0.3 is 12.0 Å². The number of aliphatic carboxylic acids is 1. The molecule has 0 saturated heterocycles. The fraction of sp³-hybridized carbons (Fsp3) is 0.571. The summed E-state index contributed by atoms with van der Waals surface area (Å²) in [6.07, 6.45) is 2.09. The molecule has 20 heavy (non-hydrogen) atoms. The summed E-state index contributed by atoms with van der Waals surface area (Å²) in [5.41, 5.74) is -0.876. The second-order valence-electron chi connectivity index (χ2n) is 5.51. The Morgan fingerprint density at radius 3 is 2.85 bits per heavy atom. The molecule has 1 aromatic rings. The van der Waals surface area contributed by atoms with Crippen molar-refractivity contribution in [3.63, 3.8) is 0 Å². The Morgan fingerprint density at radius 2 is 2.25 bits per heavy atom. The van der Waals surface area contributed by atoms with Crippen LogP contribution >= 0.6 is 0 Å². The van der Waals surface area contributed by atoms with E-state index in [0.717, 1.165) is 12.2 Å². The second-order valence-corrected chi connectivity index (χ2v) is 5.51. The van der Waals surface area contributed by atoms with Crippen LogP contribution in [0.15, 0.2) is 16.5 Å². The Bertz CT molecular complexity index is 511. The second kappa shape index (κ2) is 5.56. The third-order valence-electron chi connectivity index (χ3n) is 3.97. The average Bonchev–Trinajstić information content (AvgIpc) is 2.95. The molecule has 0 aromatic carbocycles. The minimum atomic E-state index is -0.876. The number of aryl methyl sites for hydroxylation is 1. The van der Waals surface area contributed by atoms with Crippen molar-refractivity contribution in [1.82, 2.24) is 10.6 Å². The first-order valence-electron chi connectivity index (χ1n) is 6.75. The minimum Gasteiger partial charge on any atom is -0.481 e. The molecule has 0 bridgehead atoms. The van der Waals surface area contributed by atoms with Gasteiger partial charge in [0, 0.05) is 6.04 Å². The van der Waals surface area contributed by atoms with Gasteiger partial charge in [0.15, 0.2) is 0 Å². The van der Waals surface area contributed by atoms with Crippen molar-refractivity contribution in [3.05, 3.63) is 23.7 Å². The first-order chi connectivity index (χ1) is 9.41. The first kappa shape index (κ1) is 14.4. The summed E-state index contributed by atoms with van der Waals surface area (Å²) >= 11 is 0. The number of hydrogen-bond donors (Lipinski definition) is 3. The molecular weight excluding hydrogens is 260 g/mol. The van der Waals surface area contributed by atoms with Crippen LogP contribution in [0.3, 0.4) is 0 Å². The Balaban J connectivity index is 1.86. The lowest BCUT2D eigenvalue weighted by atomic mass is 9.85. The molecule has 6 nitrogen and oxygen atoms in total. The van der Waals surface area contributed by atoms with Crippen LogP contribution in [0.2, 0.25) is 0 Å². The number of carbonyl (C=O) groups excluding carboxylic acids is 1. The number of nitrogens with one attached hydrogen (secondary N) is 2. The molecule has 2 amide bonds. The van der Waals surface area contributed by atoms with E-state index >= 15 is 0 Å². The van der Waals surface area contributed by atoms with E-state index in [1.165, 1.54) is 0 Å². The molecule has 0 aliphatic heterocycles. The standard InChI is InChI=1S/C14H20N2O4/c1-9-5-6-10(20-9)8-15-13(19)16-11-4-3-7-14(11,2)12(17)18/h5-6,11H,3-4,7-8H2,1-2H3,(H,17,18)(H2,15,16,19). The van der Waals surface area contributed by atoms with Gasteiger partial charge in [-0.25, -0.2) is 4.79 Å². The molecule has 2 rings (SSSR count). The van der Waals surface area contributed by atoms with Crippen molar-refractivity contribution in [2.45, 2.75) is 45.7 Å². The highest BCUT2D eigenvalue weighted by Gasteiger charge is 2.45. The average molecular weight is 280 g/mol. The van der Waals surface area contributed by atoms with Crippen LogP contribution in [0.1, 0.15) is 37.7 Å². The molecular formula is C14H20N2O4. The maximum absolute atomic E-state index is 11.8. The molecule has 1 fully saturated rings. The number of carbonyl (C=O) groups is 2. The molecule has 6 heteroatoms. The van der Waals surface area contributed by atoms with Gasteiger partial charge in [0.2, 0.25) is 0 Å². The highest BCUT2D eigenvalue weighted by molar-refractivity contribution is 5.79. The van der Waals surface area contributed by atoms with Crippen molar-refractivity contribution in [2.24, 2.45) is 5.41 Å². The smallest absolute Gasteiger partial charge is 0.315 e. The van der Waals surface area contributed by atoms with Crippen LogP contribution in [-0.2, 0) is 11.3 Å². The molecule has 1 aliphatic carbocycles. The van der Waals surface area contributed by atoms with Crippen LogP contribution in [0.5, 0.6) is 0 Å². The molecule has 1 saturated carbocycles. The Labute approximate surface area is 117 Å².